The van der Waals surface area contributed by atoms with Gasteiger partial charge in [-0.3, -0.25) is 9.69 Å². The first-order valence-corrected chi connectivity index (χ1v) is 10.2. The molecule has 2 fully saturated rings. The second-order valence-corrected chi connectivity index (χ2v) is 8.23. The molecule has 0 aliphatic carbocycles. The van der Waals surface area contributed by atoms with Crippen molar-refractivity contribution in [3.63, 3.8) is 0 Å². The van der Waals surface area contributed by atoms with Gasteiger partial charge in [-0.25, -0.2) is 0 Å². The van der Waals surface area contributed by atoms with E-state index in [9.17, 15) is 9.90 Å². The van der Waals surface area contributed by atoms with E-state index >= 15 is 0 Å². The van der Waals surface area contributed by atoms with Crippen LogP contribution in [0.2, 0.25) is 10.0 Å². The van der Waals surface area contributed by atoms with E-state index in [-0.39, 0.29) is 11.9 Å². The summed E-state index contributed by atoms with van der Waals surface area (Å²) in [6, 6.07) is 14.8. The molecule has 7 heteroatoms. The quantitative estimate of drug-likeness (QED) is 0.830. The lowest BCUT2D eigenvalue weighted by atomic mass is 10.1. The van der Waals surface area contributed by atoms with Crippen LogP contribution in [0.3, 0.4) is 0 Å². The van der Waals surface area contributed by atoms with E-state index in [0.29, 0.717) is 35.2 Å². The fourth-order valence-corrected chi connectivity index (χ4v) is 4.35. The summed E-state index contributed by atoms with van der Waals surface area (Å²) < 4.78 is 0. The van der Waals surface area contributed by atoms with Gasteiger partial charge in [0.25, 0.3) is 5.91 Å². The summed E-state index contributed by atoms with van der Waals surface area (Å²) in [4.78, 5) is 19.0. The summed E-state index contributed by atoms with van der Waals surface area (Å²) in [5.41, 5.74) is 1.69. The molecule has 0 radical (unpaired) electrons. The van der Waals surface area contributed by atoms with E-state index in [2.05, 4.69) is 9.80 Å². The monoisotopic (exact) mass is 419 g/mol. The van der Waals surface area contributed by atoms with Gasteiger partial charge in [0.05, 0.1) is 12.1 Å². The predicted octanol–water partition coefficient (Wildman–Crippen LogP) is 3.00. The first kappa shape index (κ1) is 19.5. The number of hydrogen-bond acceptors (Lipinski definition) is 4. The molecule has 2 atom stereocenters. The summed E-state index contributed by atoms with van der Waals surface area (Å²) in [6.07, 6.45) is -0.419. The number of aliphatic hydroxyl groups is 1. The van der Waals surface area contributed by atoms with Crippen LogP contribution in [-0.2, 0) is 0 Å². The Morgan fingerprint density at radius 1 is 0.929 bits per heavy atom. The Kier molecular flexibility index (Phi) is 5.78. The van der Waals surface area contributed by atoms with Crippen molar-refractivity contribution in [2.24, 2.45) is 0 Å². The second-order valence-electron chi connectivity index (χ2n) is 7.35. The van der Waals surface area contributed by atoms with Crippen LogP contribution in [0.5, 0.6) is 0 Å². The molecule has 2 unspecified atom stereocenters. The van der Waals surface area contributed by atoms with Crippen LogP contribution in [-0.4, -0.2) is 72.2 Å². The third-order valence-electron chi connectivity index (χ3n) is 5.59. The predicted molar refractivity (Wildman–Crippen MR) is 112 cm³/mol. The van der Waals surface area contributed by atoms with Crippen LogP contribution < -0.4 is 4.90 Å². The van der Waals surface area contributed by atoms with Gasteiger partial charge in [-0.1, -0.05) is 29.3 Å². The van der Waals surface area contributed by atoms with Crippen LogP contribution in [0.15, 0.2) is 48.5 Å². The summed E-state index contributed by atoms with van der Waals surface area (Å²) in [5, 5.41) is 11.9. The van der Waals surface area contributed by atoms with Crippen molar-refractivity contribution >= 4 is 34.8 Å². The Hall–Kier alpha value is -1.79. The molecule has 2 heterocycles. The normalized spacial score (nSPS) is 23.2. The highest BCUT2D eigenvalue weighted by Crippen LogP contribution is 2.26. The van der Waals surface area contributed by atoms with Crippen molar-refractivity contribution in [1.29, 1.82) is 0 Å². The molecule has 0 spiro atoms. The van der Waals surface area contributed by atoms with E-state index in [0.717, 1.165) is 25.3 Å². The molecule has 28 heavy (non-hydrogen) atoms. The third kappa shape index (κ3) is 4.13. The fraction of sp³-hybridized carbons (Fsp3) is 0.381. The number of amides is 1. The molecule has 2 saturated heterocycles. The molecule has 0 bridgehead atoms. The highest BCUT2D eigenvalue weighted by Gasteiger charge is 2.37. The maximum atomic E-state index is 12.7. The molecule has 1 amide bonds. The number of piperazine rings is 1. The molecule has 0 aromatic heterocycles. The number of nitrogens with zero attached hydrogens (tertiary/aromatic N) is 3. The minimum Gasteiger partial charge on any atom is -0.390 e. The first-order valence-electron chi connectivity index (χ1n) is 9.49. The molecule has 1 N–H and O–H groups in total. The number of rotatable bonds is 3. The Morgan fingerprint density at radius 3 is 2.32 bits per heavy atom. The van der Waals surface area contributed by atoms with Crippen LogP contribution in [0.25, 0.3) is 0 Å². The molecule has 0 saturated carbocycles. The first-order chi connectivity index (χ1) is 13.5. The molecule has 148 valence electrons. The SMILES string of the molecule is O=C(c1ccc(Cl)cc1)N1CCN(C2CN(c3cccc(Cl)c3)CC2O)CC1. The molecule has 5 nitrogen and oxygen atoms in total. The maximum absolute atomic E-state index is 12.7. The van der Waals surface area contributed by atoms with Gasteiger partial charge in [0.15, 0.2) is 0 Å². The van der Waals surface area contributed by atoms with Gasteiger partial charge in [0.2, 0.25) is 0 Å². The lowest BCUT2D eigenvalue weighted by Gasteiger charge is -2.38. The average molecular weight is 420 g/mol. The van der Waals surface area contributed by atoms with Crippen molar-refractivity contribution in [3.05, 3.63) is 64.1 Å². The lowest BCUT2D eigenvalue weighted by molar-refractivity contribution is 0.0376. The summed E-state index contributed by atoms with van der Waals surface area (Å²) in [5.74, 6) is 0.0313. The average Bonchev–Trinajstić information content (AvgIpc) is 3.10. The standard InChI is InChI=1S/C21H23Cl2N3O2/c22-16-6-4-15(5-7-16)21(28)25-10-8-24(9-11-25)19-13-26(14-20(19)27)18-3-1-2-17(23)12-18/h1-7,12,19-20,27H,8-11,13-14H2. The largest absolute Gasteiger partial charge is 0.390 e. The number of β-amino-alcohol motifs (C(OH)–C–C–N with tert-alkyl or cyclic N) is 1. The highest BCUT2D eigenvalue weighted by atomic mass is 35.5. The van der Waals surface area contributed by atoms with Gasteiger partial charge in [0, 0.05) is 60.6 Å². The number of carbonyl (C=O) groups excluding carboxylic acids is 1. The van der Waals surface area contributed by atoms with Gasteiger partial charge in [0.1, 0.15) is 0 Å². The van der Waals surface area contributed by atoms with Gasteiger partial charge in [-0.05, 0) is 42.5 Å². The number of benzene rings is 2. The van der Waals surface area contributed by atoms with Crippen molar-refractivity contribution in [2.45, 2.75) is 12.1 Å². The number of hydrogen-bond donors (Lipinski definition) is 1. The van der Waals surface area contributed by atoms with E-state index in [4.69, 9.17) is 23.2 Å². The molecular formula is C21H23Cl2N3O2. The zero-order valence-electron chi connectivity index (χ0n) is 15.5. The van der Waals surface area contributed by atoms with Gasteiger partial charge < -0.3 is 14.9 Å². The number of carbonyl (C=O) groups is 1. The van der Waals surface area contributed by atoms with E-state index < -0.39 is 6.10 Å². The zero-order chi connectivity index (χ0) is 19.7. The smallest absolute Gasteiger partial charge is 0.253 e. The van der Waals surface area contributed by atoms with Crippen molar-refractivity contribution in [1.82, 2.24) is 9.80 Å². The highest BCUT2D eigenvalue weighted by molar-refractivity contribution is 6.31. The van der Waals surface area contributed by atoms with Crippen LogP contribution >= 0.6 is 23.2 Å². The second kappa shape index (κ2) is 8.29. The van der Waals surface area contributed by atoms with E-state index in [1.54, 1.807) is 24.3 Å². The summed E-state index contributed by atoms with van der Waals surface area (Å²) in [6.45, 7) is 4.17. The lowest BCUT2D eigenvalue weighted by Crippen LogP contribution is -2.54. The van der Waals surface area contributed by atoms with Crippen LogP contribution in [0.4, 0.5) is 5.69 Å². The minimum atomic E-state index is -0.419. The van der Waals surface area contributed by atoms with Crippen molar-refractivity contribution < 1.29 is 9.90 Å². The molecule has 2 aliphatic rings. The summed E-state index contributed by atoms with van der Waals surface area (Å²) >= 11 is 12.0. The third-order valence-corrected chi connectivity index (χ3v) is 6.08. The van der Waals surface area contributed by atoms with Gasteiger partial charge >= 0.3 is 0 Å². The van der Waals surface area contributed by atoms with E-state index in [1.165, 1.54) is 0 Å². The topological polar surface area (TPSA) is 47.0 Å². The molecule has 2 aliphatic heterocycles. The Bertz CT molecular complexity index is 838. The van der Waals surface area contributed by atoms with Crippen molar-refractivity contribution in [3.8, 4) is 0 Å². The zero-order valence-corrected chi connectivity index (χ0v) is 17.0. The molecule has 4 rings (SSSR count). The Morgan fingerprint density at radius 2 is 1.64 bits per heavy atom. The molecular weight excluding hydrogens is 397 g/mol. The molecule has 2 aromatic carbocycles. The molecule has 2 aromatic rings. The van der Waals surface area contributed by atoms with Gasteiger partial charge in [-0.2, -0.15) is 0 Å². The van der Waals surface area contributed by atoms with E-state index in [1.807, 2.05) is 29.2 Å². The minimum absolute atomic E-state index is 0.0313. The Labute approximate surface area is 175 Å². The summed E-state index contributed by atoms with van der Waals surface area (Å²) in [7, 11) is 0. The number of anilines is 1. The number of halogens is 2. The van der Waals surface area contributed by atoms with Crippen LogP contribution in [0.1, 0.15) is 10.4 Å². The maximum Gasteiger partial charge on any atom is 0.253 e. The fourth-order valence-electron chi connectivity index (χ4n) is 4.04. The van der Waals surface area contributed by atoms with Crippen molar-refractivity contribution in [2.75, 3.05) is 44.2 Å². The van der Waals surface area contributed by atoms with Crippen LogP contribution in [0, 0.1) is 0 Å². The Balaban J connectivity index is 1.36. The van der Waals surface area contributed by atoms with Gasteiger partial charge in [-0.15, -0.1) is 0 Å². The number of aliphatic hydroxyl groups excluding tert-OH is 1.